The highest BCUT2D eigenvalue weighted by Crippen LogP contribution is 2.28. The zero-order chi connectivity index (χ0) is 20.6. The van der Waals surface area contributed by atoms with E-state index in [1.165, 1.54) is 11.3 Å². The van der Waals surface area contributed by atoms with Crippen molar-refractivity contribution in [1.29, 1.82) is 0 Å². The lowest BCUT2D eigenvalue weighted by Gasteiger charge is -2.15. The van der Waals surface area contributed by atoms with E-state index in [4.69, 9.17) is 4.74 Å². The minimum Gasteiger partial charge on any atom is -0.550 e. The third-order valence-electron chi connectivity index (χ3n) is 4.50. The van der Waals surface area contributed by atoms with Crippen LogP contribution in [-0.2, 0) is 17.6 Å². The Hall–Kier alpha value is -2.93. The molecule has 29 heavy (non-hydrogen) atoms. The van der Waals surface area contributed by atoms with E-state index in [-0.39, 0.29) is 12.3 Å². The highest BCUT2D eigenvalue weighted by Gasteiger charge is 2.16. The molecule has 152 valence electrons. The van der Waals surface area contributed by atoms with Gasteiger partial charge in [-0.2, -0.15) is 0 Å². The number of hydrogen-bond acceptors (Lipinski definition) is 7. The molecular formula is C22H24N3O3S-. The number of thiazole rings is 1. The summed E-state index contributed by atoms with van der Waals surface area (Å²) in [4.78, 5) is 21.0. The normalized spacial score (nSPS) is 11.8. The molecule has 0 aliphatic carbocycles. The van der Waals surface area contributed by atoms with Crippen LogP contribution in [0.2, 0.25) is 0 Å². The standard InChI is InChI=1S/C22H25N3O3S/c1-15-14-24-22(29-15)17(13-21(26)27)12-16-6-8-19(9-7-16)28-11-10-18-4-3-5-20(23-2)25-18/h3-9,14,17H,10-13H2,1-2H3,(H,23,25)(H,26,27)/p-1. The molecule has 0 amide bonds. The largest absolute Gasteiger partial charge is 0.550 e. The lowest BCUT2D eigenvalue weighted by molar-refractivity contribution is -0.306. The number of aromatic nitrogens is 2. The summed E-state index contributed by atoms with van der Waals surface area (Å²) in [6.07, 6.45) is 3.06. The first-order chi connectivity index (χ1) is 14.0. The Kier molecular flexibility index (Phi) is 7.19. The molecular weight excluding hydrogens is 386 g/mol. The molecule has 1 atom stereocenters. The number of hydrogen-bond donors (Lipinski definition) is 1. The molecule has 0 bridgehead atoms. The Morgan fingerprint density at radius 2 is 2.03 bits per heavy atom. The van der Waals surface area contributed by atoms with Crippen molar-refractivity contribution in [3.63, 3.8) is 0 Å². The molecule has 0 saturated heterocycles. The number of carboxylic acid groups (broad SMARTS) is 1. The number of aryl methyl sites for hydroxylation is 1. The Balaban J connectivity index is 1.56. The molecule has 0 aliphatic heterocycles. The van der Waals surface area contributed by atoms with Crippen LogP contribution in [0.3, 0.4) is 0 Å². The second-order valence-corrected chi connectivity index (χ2v) is 8.06. The summed E-state index contributed by atoms with van der Waals surface area (Å²) in [7, 11) is 1.84. The summed E-state index contributed by atoms with van der Waals surface area (Å²) in [5.41, 5.74) is 2.01. The van der Waals surface area contributed by atoms with Crippen molar-refractivity contribution < 1.29 is 14.6 Å². The number of rotatable bonds is 10. The number of benzene rings is 1. The molecule has 1 aromatic carbocycles. The highest BCUT2D eigenvalue weighted by molar-refractivity contribution is 7.11. The SMILES string of the molecule is CNc1cccc(CCOc2ccc(CC(CC(=O)[O-])c3ncc(C)s3)cc2)n1. The lowest BCUT2D eigenvalue weighted by Crippen LogP contribution is -2.25. The Morgan fingerprint density at radius 3 is 2.69 bits per heavy atom. The molecule has 3 aromatic rings. The van der Waals surface area contributed by atoms with Gasteiger partial charge in [-0.15, -0.1) is 11.3 Å². The predicted octanol–water partition coefficient (Wildman–Crippen LogP) is 2.98. The number of nitrogens with one attached hydrogen (secondary N) is 1. The van der Waals surface area contributed by atoms with Gasteiger partial charge in [-0.1, -0.05) is 18.2 Å². The van der Waals surface area contributed by atoms with E-state index in [0.717, 1.165) is 32.7 Å². The summed E-state index contributed by atoms with van der Waals surface area (Å²) in [5, 5.41) is 15.0. The third-order valence-corrected chi connectivity index (χ3v) is 5.57. The number of carbonyl (C=O) groups excluding carboxylic acids is 1. The van der Waals surface area contributed by atoms with Crippen LogP contribution >= 0.6 is 11.3 Å². The van der Waals surface area contributed by atoms with Crippen molar-refractivity contribution in [2.24, 2.45) is 0 Å². The molecule has 1 N–H and O–H groups in total. The highest BCUT2D eigenvalue weighted by atomic mass is 32.1. The van der Waals surface area contributed by atoms with E-state index in [0.29, 0.717) is 19.4 Å². The fraction of sp³-hybridized carbons (Fsp3) is 0.318. The van der Waals surface area contributed by atoms with Gasteiger partial charge in [0.15, 0.2) is 0 Å². The fourth-order valence-electron chi connectivity index (χ4n) is 3.05. The number of ether oxygens (including phenoxy) is 1. The van der Waals surface area contributed by atoms with E-state index >= 15 is 0 Å². The molecule has 2 heterocycles. The first-order valence-corrected chi connectivity index (χ1v) is 10.3. The van der Waals surface area contributed by atoms with Crippen LogP contribution in [0.5, 0.6) is 5.75 Å². The van der Waals surface area contributed by atoms with Crippen LogP contribution in [0.15, 0.2) is 48.7 Å². The maximum Gasteiger partial charge on any atom is 0.125 e. The quantitative estimate of drug-likeness (QED) is 0.553. The molecule has 7 heteroatoms. The van der Waals surface area contributed by atoms with Crippen molar-refractivity contribution in [2.45, 2.75) is 32.1 Å². The summed E-state index contributed by atoms with van der Waals surface area (Å²) >= 11 is 1.53. The molecule has 0 spiro atoms. The van der Waals surface area contributed by atoms with Gasteiger partial charge in [0.2, 0.25) is 0 Å². The van der Waals surface area contributed by atoms with Gasteiger partial charge in [0, 0.05) is 42.1 Å². The van der Waals surface area contributed by atoms with E-state index in [9.17, 15) is 9.90 Å². The van der Waals surface area contributed by atoms with Crippen molar-refractivity contribution in [3.05, 3.63) is 69.8 Å². The fourth-order valence-corrected chi connectivity index (χ4v) is 3.92. The van der Waals surface area contributed by atoms with Gasteiger partial charge in [-0.3, -0.25) is 0 Å². The van der Waals surface area contributed by atoms with Gasteiger partial charge >= 0.3 is 0 Å². The zero-order valence-corrected chi connectivity index (χ0v) is 17.4. The smallest absolute Gasteiger partial charge is 0.125 e. The van der Waals surface area contributed by atoms with Crippen LogP contribution in [0, 0.1) is 6.92 Å². The maximum atomic E-state index is 11.1. The van der Waals surface area contributed by atoms with E-state index in [1.807, 2.05) is 56.4 Å². The first-order valence-electron chi connectivity index (χ1n) is 9.51. The monoisotopic (exact) mass is 410 g/mol. The van der Waals surface area contributed by atoms with Crippen LogP contribution in [-0.4, -0.2) is 29.6 Å². The predicted molar refractivity (Wildman–Crippen MR) is 112 cm³/mol. The second kappa shape index (κ2) is 10.0. The molecule has 1 unspecified atom stereocenters. The Bertz CT molecular complexity index is 940. The van der Waals surface area contributed by atoms with E-state index in [2.05, 4.69) is 15.3 Å². The number of nitrogens with zero attached hydrogens (tertiary/aromatic N) is 2. The Labute approximate surface area is 174 Å². The van der Waals surface area contributed by atoms with Gasteiger partial charge in [0.05, 0.1) is 11.6 Å². The number of aliphatic carboxylic acids is 1. The number of anilines is 1. The zero-order valence-electron chi connectivity index (χ0n) is 16.6. The summed E-state index contributed by atoms with van der Waals surface area (Å²) < 4.78 is 5.82. The third kappa shape index (κ3) is 6.29. The van der Waals surface area contributed by atoms with Gasteiger partial charge in [-0.25, -0.2) is 9.97 Å². The van der Waals surface area contributed by atoms with Crippen LogP contribution < -0.4 is 15.2 Å². The molecule has 2 aromatic heterocycles. The minimum atomic E-state index is -1.06. The van der Waals surface area contributed by atoms with Crippen LogP contribution in [0.25, 0.3) is 0 Å². The minimum absolute atomic E-state index is 0.0378. The molecule has 0 saturated carbocycles. The van der Waals surface area contributed by atoms with Crippen LogP contribution in [0.1, 0.15) is 33.5 Å². The lowest BCUT2D eigenvalue weighted by atomic mass is 9.97. The van der Waals surface area contributed by atoms with Crippen molar-refractivity contribution in [2.75, 3.05) is 19.0 Å². The van der Waals surface area contributed by atoms with Gasteiger partial charge in [0.1, 0.15) is 11.6 Å². The number of carboxylic acids is 1. The van der Waals surface area contributed by atoms with Gasteiger partial charge in [0.25, 0.3) is 0 Å². The molecule has 0 radical (unpaired) electrons. The van der Waals surface area contributed by atoms with Crippen molar-refractivity contribution in [1.82, 2.24) is 9.97 Å². The van der Waals surface area contributed by atoms with Crippen molar-refractivity contribution in [3.8, 4) is 5.75 Å². The van der Waals surface area contributed by atoms with Gasteiger partial charge < -0.3 is 20.0 Å². The number of pyridine rings is 1. The molecule has 0 fully saturated rings. The average Bonchev–Trinajstić information content (AvgIpc) is 3.15. The average molecular weight is 411 g/mol. The second-order valence-electron chi connectivity index (χ2n) is 6.79. The van der Waals surface area contributed by atoms with E-state index < -0.39 is 5.97 Å². The summed E-state index contributed by atoms with van der Waals surface area (Å²) in [6, 6.07) is 13.6. The van der Waals surface area contributed by atoms with Gasteiger partial charge in [-0.05, 0) is 49.6 Å². The van der Waals surface area contributed by atoms with Crippen LogP contribution in [0.4, 0.5) is 5.82 Å². The van der Waals surface area contributed by atoms with Crippen molar-refractivity contribution >= 4 is 23.1 Å². The number of carbonyl (C=O) groups is 1. The maximum absolute atomic E-state index is 11.1. The van der Waals surface area contributed by atoms with E-state index in [1.54, 1.807) is 6.20 Å². The first kappa shape index (κ1) is 20.8. The summed E-state index contributed by atoms with van der Waals surface area (Å²) in [5.74, 6) is 0.378. The topological polar surface area (TPSA) is 87.2 Å². The molecule has 0 aliphatic rings. The summed E-state index contributed by atoms with van der Waals surface area (Å²) in [6.45, 7) is 2.50. The molecule has 3 rings (SSSR count). The Morgan fingerprint density at radius 1 is 1.24 bits per heavy atom. The molecule has 6 nitrogen and oxygen atoms in total.